The van der Waals surface area contributed by atoms with Gasteiger partial charge < -0.3 is 23.8 Å². The Morgan fingerprint density at radius 1 is 1.10 bits per heavy atom. The number of aromatic nitrogens is 3. The Morgan fingerprint density at radius 2 is 1.94 bits per heavy atom. The van der Waals surface area contributed by atoms with Gasteiger partial charge in [0.1, 0.15) is 41.4 Å². The van der Waals surface area contributed by atoms with Crippen LogP contribution in [-0.2, 0) is 20.7 Å². The maximum atomic E-state index is 16.9. The predicted octanol–water partition coefficient (Wildman–Crippen LogP) is 5.62. The number of rotatable bonds is 11. The first kappa shape index (κ1) is 32.3. The zero-order chi connectivity index (χ0) is 33.6. The summed E-state index contributed by atoms with van der Waals surface area (Å²) in [5, 5.41) is 1.55. The van der Waals surface area contributed by atoms with Crippen LogP contribution in [0, 0.1) is 17.6 Å². The summed E-state index contributed by atoms with van der Waals surface area (Å²) in [6.45, 7) is 4.13. The highest BCUT2D eigenvalue weighted by Crippen LogP contribution is 2.42. The van der Waals surface area contributed by atoms with E-state index >= 15 is 8.78 Å². The number of hydrogen-bond acceptors (Lipinski definition) is 10. The van der Waals surface area contributed by atoms with Crippen LogP contribution in [0.15, 0.2) is 30.5 Å². The van der Waals surface area contributed by atoms with Crippen LogP contribution in [0.2, 0.25) is 0 Å². The number of aryl methyl sites for hydroxylation is 1. The van der Waals surface area contributed by atoms with E-state index in [9.17, 15) is 9.18 Å². The maximum absolute atomic E-state index is 16.9. The topological polar surface area (TPSA) is 99.1 Å². The number of esters is 1. The summed E-state index contributed by atoms with van der Waals surface area (Å²) >= 11 is 0. The molecule has 0 spiro atoms. The van der Waals surface area contributed by atoms with Crippen molar-refractivity contribution >= 4 is 33.5 Å². The average molecular weight is 666 g/mol. The highest BCUT2D eigenvalue weighted by Gasteiger charge is 2.49. The molecule has 3 fully saturated rings. The number of fused-ring (bicyclic) bond motifs is 3. The second-order valence-electron chi connectivity index (χ2n) is 12.9. The summed E-state index contributed by atoms with van der Waals surface area (Å²) in [4.78, 5) is 29.8. The van der Waals surface area contributed by atoms with Crippen LogP contribution in [0.25, 0.3) is 32.9 Å². The fourth-order valence-electron chi connectivity index (χ4n) is 7.58. The van der Waals surface area contributed by atoms with Gasteiger partial charge in [0.25, 0.3) is 0 Å². The third-order valence-corrected chi connectivity index (χ3v) is 9.91. The first-order valence-corrected chi connectivity index (χ1v) is 16.3. The number of carbonyl (C=O) groups excluding carboxylic acids is 1. The van der Waals surface area contributed by atoms with Crippen molar-refractivity contribution in [2.45, 2.75) is 50.7 Å². The smallest absolute Gasteiger partial charge is 0.319 e. The Morgan fingerprint density at radius 3 is 2.71 bits per heavy atom. The number of ether oxygens (including phenoxy) is 4. The standard InChI is InChI=1S/C35H38F3N5O5/c1-4-24-27(37)7-6-21-11-23(48-19-45-2)12-25(29(21)24)31-30(38)32-26(14-39-31)33(42-15-20(16-42)10-28(44)46-3)41-34(40-32)47-18-35-8-5-9-43(35)17-22(36)13-35/h6-7,11-12,14,20,22H,4-5,8-10,13,15-19H2,1-3H3/t22-,35+/m1/s1. The fourth-order valence-corrected chi connectivity index (χ4v) is 7.58. The van der Waals surface area contributed by atoms with E-state index in [0.717, 1.165) is 19.4 Å². The minimum Gasteiger partial charge on any atom is -0.469 e. The summed E-state index contributed by atoms with van der Waals surface area (Å²) in [6, 6.07) is 6.37. The maximum Gasteiger partial charge on any atom is 0.319 e. The van der Waals surface area contributed by atoms with Gasteiger partial charge in [-0.05, 0) is 60.3 Å². The number of carbonyl (C=O) groups is 1. The molecule has 48 heavy (non-hydrogen) atoms. The van der Waals surface area contributed by atoms with Gasteiger partial charge in [0.05, 0.1) is 24.5 Å². The first-order valence-electron chi connectivity index (χ1n) is 16.3. The lowest BCUT2D eigenvalue weighted by atomic mass is 9.94. The number of anilines is 1. The molecule has 7 rings (SSSR count). The number of benzene rings is 2. The van der Waals surface area contributed by atoms with E-state index < -0.39 is 23.3 Å². The molecule has 2 aromatic carbocycles. The molecule has 0 aliphatic carbocycles. The van der Waals surface area contributed by atoms with Gasteiger partial charge in [0.15, 0.2) is 12.6 Å². The molecule has 0 unspecified atom stereocenters. The molecule has 0 amide bonds. The monoisotopic (exact) mass is 665 g/mol. The van der Waals surface area contributed by atoms with E-state index in [0.29, 0.717) is 71.3 Å². The fraction of sp³-hybridized carbons (Fsp3) is 0.486. The van der Waals surface area contributed by atoms with Crippen LogP contribution in [0.5, 0.6) is 11.8 Å². The highest BCUT2D eigenvalue weighted by molar-refractivity contribution is 6.02. The summed E-state index contributed by atoms with van der Waals surface area (Å²) in [7, 11) is 2.85. The Hall–Kier alpha value is -4.23. The van der Waals surface area contributed by atoms with Crippen molar-refractivity contribution in [3.63, 3.8) is 0 Å². The van der Waals surface area contributed by atoms with Crippen LogP contribution < -0.4 is 14.4 Å². The normalized spacial score (nSPS) is 21.1. The summed E-state index contributed by atoms with van der Waals surface area (Å²) in [5.74, 6) is -0.564. The average Bonchev–Trinajstić information content (AvgIpc) is 3.59. The van der Waals surface area contributed by atoms with Crippen molar-refractivity contribution in [3.05, 3.63) is 47.7 Å². The predicted molar refractivity (Wildman–Crippen MR) is 173 cm³/mol. The molecule has 5 heterocycles. The second kappa shape index (κ2) is 13.0. The molecular formula is C35H38F3N5O5. The molecule has 10 nitrogen and oxygen atoms in total. The molecule has 0 saturated carbocycles. The highest BCUT2D eigenvalue weighted by atomic mass is 19.1. The Bertz CT molecular complexity index is 1870. The molecule has 2 atom stereocenters. The van der Waals surface area contributed by atoms with E-state index in [4.69, 9.17) is 23.9 Å². The minimum absolute atomic E-state index is 0.0159. The number of nitrogens with zero attached hydrogens (tertiary/aromatic N) is 5. The molecule has 0 radical (unpaired) electrons. The van der Waals surface area contributed by atoms with Gasteiger partial charge in [-0.3, -0.25) is 14.7 Å². The Balaban J connectivity index is 1.33. The summed E-state index contributed by atoms with van der Waals surface area (Å²) in [6.07, 6.45) is 3.31. The van der Waals surface area contributed by atoms with E-state index in [1.165, 1.54) is 26.5 Å². The minimum atomic E-state index is -0.933. The van der Waals surface area contributed by atoms with Crippen molar-refractivity contribution in [2.24, 2.45) is 5.92 Å². The van der Waals surface area contributed by atoms with Gasteiger partial charge in [-0.2, -0.15) is 9.97 Å². The van der Waals surface area contributed by atoms with Gasteiger partial charge in [0, 0.05) is 50.8 Å². The third kappa shape index (κ3) is 5.76. The molecule has 3 aliphatic rings. The lowest BCUT2D eigenvalue weighted by Crippen LogP contribution is -2.48. The van der Waals surface area contributed by atoms with Crippen molar-refractivity contribution in [1.82, 2.24) is 19.9 Å². The van der Waals surface area contributed by atoms with Crippen LogP contribution in [-0.4, -0.2) is 91.3 Å². The molecule has 13 heteroatoms. The zero-order valence-electron chi connectivity index (χ0n) is 27.2. The quantitative estimate of drug-likeness (QED) is 0.148. The zero-order valence-corrected chi connectivity index (χ0v) is 27.2. The molecular weight excluding hydrogens is 627 g/mol. The third-order valence-electron chi connectivity index (χ3n) is 9.91. The number of hydrogen-bond donors (Lipinski definition) is 0. The van der Waals surface area contributed by atoms with Crippen LogP contribution in [0.1, 0.15) is 38.2 Å². The second-order valence-corrected chi connectivity index (χ2v) is 12.9. The van der Waals surface area contributed by atoms with Gasteiger partial charge in [-0.1, -0.05) is 13.0 Å². The van der Waals surface area contributed by atoms with E-state index in [-0.39, 0.29) is 48.9 Å². The number of alkyl halides is 1. The van der Waals surface area contributed by atoms with Gasteiger partial charge >= 0.3 is 12.0 Å². The van der Waals surface area contributed by atoms with Crippen molar-refractivity contribution < 1.29 is 36.9 Å². The van der Waals surface area contributed by atoms with Crippen LogP contribution in [0.4, 0.5) is 19.0 Å². The molecule has 254 valence electrons. The Kier molecular flexibility index (Phi) is 8.75. The SMILES string of the molecule is CCc1c(F)ccc2cc(OCOC)cc(-c3ncc4c(N5CC(CC(=O)OC)C5)nc(OC[C@@]56CCCN5C[C@H](F)C6)nc4c3F)c12. The van der Waals surface area contributed by atoms with E-state index in [1.807, 2.05) is 11.8 Å². The molecule has 0 N–H and O–H groups in total. The van der Waals surface area contributed by atoms with Gasteiger partial charge in [-0.25, -0.2) is 13.2 Å². The summed E-state index contributed by atoms with van der Waals surface area (Å²) < 4.78 is 68.4. The van der Waals surface area contributed by atoms with Crippen molar-refractivity contribution in [1.29, 1.82) is 0 Å². The lowest BCUT2D eigenvalue weighted by molar-refractivity contribution is -0.141. The van der Waals surface area contributed by atoms with Gasteiger partial charge in [-0.15, -0.1) is 0 Å². The van der Waals surface area contributed by atoms with Crippen molar-refractivity contribution in [2.75, 3.05) is 58.7 Å². The largest absolute Gasteiger partial charge is 0.469 e. The van der Waals surface area contributed by atoms with E-state index in [2.05, 4.69) is 14.9 Å². The number of methoxy groups -OCH3 is 2. The molecule has 0 bridgehead atoms. The molecule has 3 aliphatic heterocycles. The van der Waals surface area contributed by atoms with Crippen molar-refractivity contribution in [3.8, 4) is 23.0 Å². The van der Waals surface area contributed by atoms with E-state index in [1.54, 1.807) is 18.2 Å². The van der Waals surface area contributed by atoms with Crippen LogP contribution >= 0.6 is 0 Å². The number of halogens is 3. The summed E-state index contributed by atoms with van der Waals surface area (Å²) in [5.41, 5.74) is 0.270. The number of pyridine rings is 1. The van der Waals surface area contributed by atoms with Crippen LogP contribution in [0.3, 0.4) is 0 Å². The molecule has 4 aromatic rings. The Labute approximate surface area is 276 Å². The molecule has 3 saturated heterocycles. The first-order chi connectivity index (χ1) is 23.2. The lowest BCUT2D eigenvalue weighted by Gasteiger charge is -2.40. The van der Waals surface area contributed by atoms with Gasteiger partial charge in [0.2, 0.25) is 0 Å². The molecule has 2 aromatic heterocycles.